The minimum absolute atomic E-state index is 0.131. The molecule has 3 heteroatoms. The Morgan fingerprint density at radius 2 is 1.85 bits per heavy atom. The molecule has 2 atom stereocenters. The maximum Gasteiger partial charge on any atom is 0.123 e. The Labute approximate surface area is 121 Å². The summed E-state index contributed by atoms with van der Waals surface area (Å²) < 4.78 is 13.0. The van der Waals surface area contributed by atoms with Crippen molar-refractivity contribution in [2.45, 2.75) is 52.2 Å². The zero-order valence-corrected chi connectivity index (χ0v) is 12.7. The molecule has 0 amide bonds. The van der Waals surface area contributed by atoms with Gasteiger partial charge in [0.05, 0.1) is 6.10 Å². The lowest BCUT2D eigenvalue weighted by Crippen LogP contribution is -2.33. The first kappa shape index (κ1) is 15.5. The first-order chi connectivity index (χ1) is 9.35. The Morgan fingerprint density at radius 3 is 2.35 bits per heavy atom. The molecule has 0 spiro atoms. The van der Waals surface area contributed by atoms with Crippen LogP contribution in [0.5, 0.6) is 0 Å². The van der Waals surface area contributed by atoms with Crippen molar-refractivity contribution in [3.8, 4) is 0 Å². The predicted octanol–water partition coefficient (Wildman–Crippen LogP) is 3.66. The molecule has 0 aromatic heterocycles. The summed E-state index contributed by atoms with van der Waals surface area (Å²) in [7, 11) is 0. The molecule has 0 radical (unpaired) electrons. The topological polar surface area (TPSA) is 32.3 Å². The van der Waals surface area contributed by atoms with Crippen LogP contribution in [0.1, 0.15) is 51.6 Å². The maximum absolute atomic E-state index is 13.0. The molecule has 1 aromatic rings. The molecule has 0 saturated heterocycles. The van der Waals surface area contributed by atoms with Crippen LogP contribution < -0.4 is 5.32 Å². The van der Waals surface area contributed by atoms with Gasteiger partial charge in [0.2, 0.25) is 0 Å². The zero-order valence-electron chi connectivity index (χ0n) is 12.7. The highest BCUT2D eigenvalue weighted by molar-refractivity contribution is 5.22. The summed E-state index contributed by atoms with van der Waals surface area (Å²) in [5.74, 6) is 0.429. The zero-order chi connectivity index (χ0) is 14.8. The molecule has 1 aliphatic rings. The van der Waals surface area contributed by atoms with Crippen LogP contribution in [0.3, 0.4) is 0 Å². The molecule has 112 valence electrons. The second-order valence-electron chi connectivity index (χ2n) is 7.19. The summed E-state index contributed by atoms with van der Waals surface area (Å²) in [6.45, 7) is 6.99. The molecule has 2 nitrogen and oxygen atoms in total. The van der Waals surface area contributed by atoms with E-state index in [9.17, 15) is 9.50 Å². The Hall–Kier alpha value is -0.930. The van der Waals surface area contributed by atoms with E-state index in [0.29, 0.717) is 12.5 Å². The largest absolute Gasteiger partial charge is 0.392 e. The molecule has 1 saturated carbocycles. The van der Waals surface area contributed by atoms with E-state index in [1.807, 2.05) is 12.1 Å². The highest BCUT2D eigenvalue weighted by Crippen LogP contribution is 2.41. The van der Waals surface area contributed by atoms with Gasteiger partial charge in [0.15, 0.2) is 0 Å². The van der Waals surface area contributed by atoms with Gasteiger partial charge in [-0.3, -0.25) is 0 Å². The Morgan fingerprint density at radius 1 is 1.25 bits per heavy atom. The van der Waals surface area contributed by atoms with Gasteiger partial charge in [-0.15, -0.1) is 0 Å². The van der Waals surface area contributed by atoms with Gasteiger partial charge in [-0.25, -0.2) is 4.39 Å². The summed E-state index contributed by atoms with van der Waals surface area (Å²) in [6.07, 6.45) is 2.87. The van der Waals surface area contributed by atoms with E-state index in [1.54, 1.807) is 0 Å². The van der Waals surface area contributed by atoms with E-state index in [0.717, 1.165) is 12.0 Å². The first-order valence-corrected chi connectivity index (χ1v) is 7.52. The second kappa shape index (κ2) is 6.23. The highest BCUT2D eigenvalue weighted by Gasteiger charge is 2.32. The van der Waals surface area contributed by atoms with Crippen LogP contribution in [0.25, 0.3) is 0 Å². The van der Waals surface area contributed by atoms with Crippen LogP contribution in [0, 0.1) is 17.2 Å². The number of aliphatic hydroxyl groups is 1. The third-order valence-corrected chi connectivity index (χ3v) is 3.74. The smallest absolute Gasteiger partial charge is 0.123 e. The van der Waals surface area contributed by atoms with Crippen LogP contribution in [-0.4, -0.2) is 17.8 Å². The van der Waals surface area contributed by atoms with Crippen LogP contribution in [0.2, 0.25) is 0 Å². The van der Waals surface area contributed by atoms with Gasteiger partial charge in [0.1, 0.15) is 5.82 Å². The summed E-state index contributed by atoms with van der Waals surface area (Å²) in [4.78, 5) is 0. The summed E-state index contributed by atoms with van der Waals surface area (Å²) in [6, 6.07) is 6.96. The summed E-state index contributed by atoms with van der Waals surface area (Å²) >= 11 is 0. The number of hydrogen-bond acceptors (Lipinski definition) is 2. The molecule has 2 rings (SSSR count). The third kappa shape index (κ3) is 4.88. The lowest BCUT2D eigenvalue weighted by atomic mass is 9.89. The predicted molar refractivity (Wildman–Crippen MR) is 79.9 cm³/mol. The lowest BCUT2D eigenvalue weighted by Gasteiger charge is -2.25. The average Bonchev–Trinajstić information content (AvgIpc) is 3.13. The van der Waals surface area contributed by atoms with Gasteiger partial charge in [-0.1, -0.05) is 32.9 Å². The number of halogens is 1. The van der Waals surface area contributed by atoms with E-state index >= 15 is 0 Å². The van der Waals surface area contributed by atoms with Crippen molar-refractivity contribution in [1.82, 2.24) is 5.32 Å². The lowest BCUT2D eigenvalue weighted by molar-refractivity contribution is 0.115. The van der Waals surface area contributed by atoms with E-state index in [4.69, 9.17) is 0 Å². The molecule has 20 heavy (non-hydrogen) atoms. The van der Waals surface area contributed by atoms with Crippen molar-refractivity contribution in [2.24, 2.45) is 11.3 Å². The van der Waals surface area contributed by atoms with E-state index in [1.165, 1.54) is 25.0 Å². The minimum atomic E-state index is -0.336. The van der Waals surface area contributed by atoms with E-state index in [-0.39, 0.29) is 23.4 Å². The minimum Gasteiger partial charge on any atom is -0.392 e. The van der Waals surface area contributed by atoms with Crippen molar-refractivity contribution in [3.63, 3.8) is 0 Å². The number of rotatable bonds is 6. The average molecular weight is 279 g/mol. The van der Waals surface area contributed by atoms with Crippen molar-refractivity contribution >= 4 is 0 Å². The third-order valence-electron chi connectivity index (χ3n) is 3.74. The van der Waals surface area contributed by atoms with E-state index in [2.05, 4.69) is 26.1 Å². The van der Waals surface area contributed by atoms with Crippen molar-refractivity contribution in [1.29, 1.82) is 0 Å². The molecular weight excluding hydrogens is 253 g/mol. The molecule has 0 bridgehead atoms. The molecule has 2 unspecified atom stereocenters. The van der Waals surface area contributed by atoms with Crippen molar-refractivity contribution < 1.29 is 9.50 Å². The van der Waals surface area contributed by atoms with Gasteiger partial charge < -0.3 is 10.4 Å². The molecule has 0 heterocycles. The molecule has 1 aromatic carbocycles. The monoisotopic (exact) mass is 279 g/mol. The number of hydrogen-bond donors (Lipinski definition) is 2. The standard InChI is InChI=1S/C17H26FNO/c1-17(2,3)10-15(20)11-19-16(12-4-5-12)13-6-8-14(18)9-7-13/h6-9,12,15-16,19-20H,4-5,10-11H2,1-3H3. The molecular formula is C17H26FNO. The van der Waals surface area contributed by atoms with Crippen LogP contribution in [0.4, 0.5) is 4.39 Å². The highest BCUT2D eigenvalue weighted by atomic mass is 19.1. The fourth-order valence-electron chi connectivity index (χ4n) is 2.70. The summed E-state index contributed by atoms with van der Waals surface area (Å²) in [5, 5.41) is 13.6. The number of aliphatic hydroxyl groups excluding tert-OH is 1. The fourth-order valence-corrected chi connectivity index (χ4v) is 2.70. The second-order valence-corrected chi connectivity index (χ2v) is 7.19. The first-order valence-electron chi connectivity index (χ1n) is 7.52. The molecule has 1 aliphatic carbocycles. The fraction of sp³-hybridized carbons (Fsp3) is 0.647. The Balaban J connectivity index is 1.92. The molecule has 0 aliphatic heterocycles. The van der Waals surface area contributed by atoms with Crippen LogP contribution >= 0.6 is 0 Å². The van der Waals surface area contributed by atoms with Crippen LogP contribution in [0.15, 0.2) is 24.3 Å². The molecule has 1 fully saturated rings. The quantitative estimate of drug-likeness (QED) is 0.833. The van der Waals surface area contributed by atoms with Crippen molar-refractivity contribution in [3.05, 3.63) is 35.6 Å². The number of nitrogens with one attached hydrogen (secondary N) is 1. The van der Waals surface area contributed by atoms with Gasteiger partial charge >= 0.3 is 0 Å². The van der Waals surface area contributed by atoms with Gasteiger partial charge in [-0.2, -0.15) is 0 Å². The van der Waals surface area contributed by atoms with Crippen LogP contribution in [-0.2, 0) is 0 Å². The normalized spacial score (nSPS) is 18.9. The van der Waals surface area contributed by atoms with E-state index < -0.39 is 0 Å². The van der Waals surface area contributed by atoms with Crippen molar-refractivity contribution in [2.75, 3.05) is 6.54 Å². The maximum atomic E-state index is 13.0. The summed E-state index contributed by atoms with van der Waals surface area (Å²) in [5.41, 5.74) is 1.25. The Kier molecular flexibility index (Phi) is 4.82. The Bertz CT molecular complexity index is 420. The number of benzene rings is 1. The SMILES string of the molecule is CC(C)(C)CC(O)CNC(c1ccc(F)cc1)C1CC1. The van der Waals surface area contributed by atoms with Gasteiger partial charge in [0.25, 0.3) is 0 Å². The van der Waals surface area contributed by atoms with Gasteiger partial charge in [0, 0.05) is 12.6 Å². The van der Waals surface area contributed by atoms with Gasteiger partial charge in [-0.05, 0) is 48.3 Å². The molecule has 2 N–H and O–H groups in total.